The zero-order valence-electron chi connectivity index (χ0n) is 17.7. The van der Waals surface area contributed by atoms with E-state index in [4.69, 9.17) is 12.2 Å². The van der Waals surface area contributed by atoms with E-state index in [2.05, 4.69) is 21.2 Å². The van der Waals surface area contributed by atoms with Crippen molar-refractivity contribution in [2.24, 2.45) is 0 Å². The Hall–Kier alpha value is -3.69. The molecule has 7 nitrogen and oxygen atoms in total. The van der Waals surface area contributed by atoms with Crippen molar-refractivity contribution >= 4 is 51.6 Å². The van der Waals surface area contributed by atoms with Gasteiger partial charge in [-0.05, 0) is 55.5 Å². The minimum absolute atomic E-state index is 0.0394. The van der Waals surface area contributed by atoms with E-state index in [9.17, 15) is 9.59 Å². The van der Waals surface area contributed by atoms with Crippen molar-refractivity contribution in [2.45, 2.75) is 12.1 Å². The average Bonchev–Trinajstić information content (AvgIpc) is 2.83. The van der Waals surface area contributed by atoms with Gasteiger partial charge >= 0.3 is 0 Å². The molecule has 3 aromatic carbocycles. The van der Waals surface area contributed by atoms with Gasteiger partial charge in [0.05, 0.1) is 22.3 Å². The molecule has 0 atom stereocenters. The molecule has 0 spiro atoms. The number of carbonyl (C=O) groups excluding carboxylic acids is 1. The number of aromatic nitrogens is 2. The van der Waals surface area contributed by atoms with Gasteiger partial charge < -0.3 is 5.32 Å². The van der Waals surface area contributed by atoms with Crippen LogP contribution in [0.4, 0.5) is 5.69 Å². The number of para-hydroxylation sites is 2. The van der Waals surface area contributed by atoms with Gasteiger partial charge in [0.15, 0.2) is 10.3 Å². The van der Waals surface area contributed by atoms with Crippen molar-refractivity contribution in [3.05, 3.63) is 94.8 Å². The predicted octanol–water partition coefficient (Wildman–Crippen LogP) is 3.80. The van der Waals surface area contributed by atoms with Gasteiger partial charge in [0.25, 0.3) is 5.56 Å². The second-order valence-electron chi connectivity index (χ2n) is 7.17. The van der Waals surface area contributed by atoms with E-state index in [1.165, 1.54) is 16.3 Å². The number of aryl methyl sites for hydroxylation is 1. The Bertz CT molecular complexity index is 1360. The molecule has 0 radical (unpaired) electrons. The van der Waals surface area contributed by atoms with Crippen LogP contribution in [-0.4, -0.2) is 26.3 Å². The number of rotatable bonds is 5. The van der Waals surface area contributed by atoms with Gasteiger partial charge in [-0.15, -0.1) is 0 Å². The van der Waals surface area contributed by atoms with Crippen LogP contribution in [0.15, 0.2) is 88.8 Å². The molecule has 1 heterocycles. The third-order valence-electron chi connectivity index (χ3n) is 4.72. The molecule has 0 unspecified atom stereocenters. The number of hydrogen-bond donors (Lipinski definition) is 3. The van der Waals surface area contributed by atoms with Crippen LogP contribution in [0.25, 0.3) is 16.6 Å². The van der Waals surface area contributed by atoms with Crippen LogP contribution in [-0.2, 0) is 4.79 Å². The molecule has 1 aromatic heterocycles. The van der Waals surface area contributed by atoms with Gasteiger partial charge in [0.2, 0.25) is 5.91 Å². The summed E-state index contributed by atoms with van der Waals surface area (Å²) in [7, 11) is 0. The number of thiocarbonyl (C=S) groups is 1. The Morgan fingerprint density at radius 3 is 2.42 bits per heavy atom. The fraction of sp³-hybridized carbons (Fsp3) is 0.0833. The van der Waals surface area contributed by atoms with Gasteiger partial charge in [0, 0.05) is 5.69 Å². The maximum absolute atomic E-state index is 13.2. The molecular formula is C24H21N5O2S2. The van der Waals surface area contributed by atoms with Crippen LogP contribution >= 0.6 is 24.0 Å². The third kappa shape index (κ3) is 5.57. The Balaban J connectivity index is 1.45. The number of nitrogens with zero attached hydrogens (tertiary/aromatic N) is 2. The van der Waals surface area contributed by atoms with Crippen molar-refractivity contribution in [1.82, 2.24) is 20.4 Å². The highest BCUT2D eigenvalue weighted by atomic mass is 32.2. The lowest BCUT2D eigenvalue weighted by Gasteiger charge is -2.14. The van der Waals surface area contributed by atoms with Crippen molar-refractivity contribution < 1.29 is 4.79 Å². The van der Waals surface area contributed by atoms with E-state index in [1.807, 2.05) is 67.6 Å². The molecule has 0 bridgehead atoms. The number of anilines is 1. The second kappa shape index (κ2) is 10.3. The zero-order valence-corrected chi connectivity index (χ0v) is 19.4. The summed E-state index contributed by atoms with van der Waals surface area (Å²) in [5.74, 6) is -0.271. The lowest BCUT2D eigenvalue weighted by atomic mass is 10.2. The number of amides is 1. The standard InChI is InChI=1S/C24H21N5O2S2/c1-16-11-13-17(14-12-16)25-23(32)28-27-21(30)15-33-24-26-20-10-6-5-9-19(20)22(31)29(24)18-7-3-2-4-8-18/h2-14H,15H2,1H3,(H,27,30)(H2,25,28,32). The molecule has 0 saturated heterocycles. The maximum atomic E-state index is 13.2. The number of hydrazine groups is 1. The SMILES string of the molecule is Cc1ccc(NC(=S)NNC(=O)CSc2nc3ccccc3c(=O)n2-c2ccccc2)cc1. The molecule has 9 heteroatoms. The van der Waals surface area contributed by atoms with Crippen LogP contribution < -0.4 is 21.7 Å². The van der Waals surface area contributed by atoms with Gasteiger partial charge in [-0.2, -0.15) is 0 Å². The summed E-state index contributed by atoms with van der Waals surface area (Å²) >= 11 is 6.39. The summed E-state index contributed by atoms with van der Waals surface area (Å²) in [6, 6.07) is 24.1. The first-order valence-corrected chi connectivity index (χ1v) is 11.5. The van der Waals surface area contributed by atoms with Crippen LogP contribution in [0.1, 0.15) is 5.56 Å². The van der Waals surface area contributed by atoms with Crippen molar-refractivity contribution in [2.75, 3.05) is 11.1 Å². The molecule has 3 N–H and O–H groups in total. The Morgan fingerprint density at radius 2 is 1.67 bits per heavy atom. The molecule has 1 amide bonds. The van der Waals surface area contributed by atoms with Crippen molar-refractivity contribution in [3.8, 4) is 5.69 Å². The van der Waals surface area contributed by atoms with Crippen LogP contribution in [0.5, 0.6) is 0 Å². The Kier molecular flexibility index (Phi) is 7.01. The van der Waals surface area contributed by atoms with E-state index in [-0.39, 0.29) is 22.3 Å². The highest BCUT2D eigenvalue weighted by Gasteiger charge is 2.14. The molecule has 0 saturated carbocycles. The van der Waals surface area contributed by atoms with E-state index >= 15 is 0 Å². The fourth-order valence-corrected chi connectivity index (χ4v) is 4.09. The summed E-state index contributed by atoms with van der Waals surface area (Å²) in [5.41, 5.74) is 8.29. The largest absolute Gasteiger partial charge is 0.331 e. The fourth-order valence-electron chi connectivity index (χ4n) is 3.11. The summed E-state index contributed by atoms with van der Waals surface area (Å²) in [6.45, 7) is 2.00. The third-order valence-corrected chi connectivity index (χ3v) is 5.86. The van der Waals surface area contributed by atoms with Crippen LogP contribution in [0.2, 0.25) is 0 Å². The Labute approximate surface area is 200 Å². The summed E-state index contributed by atoms with van der Waals surface area (Å²) in [5, 5.41) is 4.21. The topological polar surface area (TPSA) is 88.1 Å². The van der Waals surface area contributed by atoms with Gasteiger partial charge in [0.1, 0.15) is 0 Å². The number of thioether (sulfide) groups is 1. The first-order valence-electron chi connectivity index (χ1n) is 10.1. The minimum Gasteiger partial charge on any atom is -0.331 e. The van der Waals surface area contributed by atoms with Crippen molar-refractivity contribution in [1.29, 1.82) is 0 Å². The molecular weight excluding hydrogens is 454 g/mol. The predicted molar refractivity (Wildman–Crippen MR) is 137 cm³/mol. The van der Waals surface area contributed by atoms with Crippen molar-refractivity contribution in [3.63, 3.8) is 0 Å². The number of fused-ring (bicyclic) bond motifs is 1. The van der Waals surface area contributed by atoms with E-state index in [1.54, 1.807) is 18.2 Å². The van der Waals surface area contributed by atoms with Gasteiger partial charge in [-0.3, -0.25) is 25.0 Å². The lowest BCUT2D eigenvalue weighted by molar-refractivity contribution is -0.119. The molecule has 166 valence electrons. The van der Waals surface area contributed by atoms with Gasteiger partial charge in [-0.1, -0.05) is 59.8 Å². The number of nitrogens with one attached hydrogen (secondary N) is 3. The molecule has 0 aliphatic carbocycles. The minimum atomic E-state index is -0.310. The first-order chi connectivity index (χ1) is 16.0. The number of carbonyl (C=O) groups is 1. The Morgan fingerprint density at radius 1 is 0.970 bits per heavy atom. The molecule has 4 rings (SSSR count). The van der Waals surface area contributed by atoms with E-state index in [0.717, 1.165) is 11.3 Å². The smallest absolute Gasteiger partial charge is 0.266 e. The molecule has 33 heavy (non-hydrogen) atoms. The molecule has 0 aliphatic rings. The maximum Gasteiger partial charge on any atom is 0.266 e. The lowest BCUT2D eigenvalue weighted by Crippen LogP contribution is -2.44. The second-order valence-corrected chi connectivity index (χ2v) is 8.52. The van der Waals surface area contributed by atoms with Gasteiger partial charge in [-0.25, -0.2) is 4.98 Å². The van der Waals surface area contributed by atoms with Crippen LogP contribution in [0.3, 0.4) is 0 Å². The number of benzene rings is 3. The summed E-state index contributed by atoms with van der Waals surface area (Å²) in [6.07, 6.45) is 0. The van der Waals surface area contributed by atoms with E-state index < -0.39 is 0 Å². The van der Waals surface area contributed by atoms with E-state index in [0.29, 0.717) is 21.7 Å². The monoisotopic (exact) mass is 475 g/mol. The first kappa shape index (κ1) is 22.5. The normalized spacial score (nSPS) is 10.6. The highest BCUT2D eigenvalue weighted by molar-refractivity contribution is 7.99. The molecule has 4 aromatic rings. The average molecular weight is 476 g/mol. The molecule has 0 fully saturated rings. The van der Waals surface area contributed by atoms with Crippen LogP contribution in [0, 0.1) is 6.92 Å². The summed E-state index contributed by atoms with van der Waals surface area (Å²) in [4.78, 5) is 30.2. The number of hydrogen-bond acceptors (Lipinski definition) is 5. The highest BCUT2D eigenvalue weighted by Crippen LogP contribution is 2.21. The summed E-state index contributed by atoms with van der Waals surface area (Å²) < 4.78 is 1.53. The molecule has 0 aliphatic heterocycles. The zero-order chi connectivity index (χ0) is 23.2. The quantitative estimate of drug-likeness (QED) is 0.175.